The standard InChI is InChI=1S/C19H19ClN7O2/c1-11(24-19(28)14-8-23-27-4-3-17(20)25-18(14)27)9-29-10-12-5-15(21)13-7-22-26(2)16(13)6-12/h3,5-8,11H,9-10,21H2,1-2H3,(H,24,28)/t11-/m1/s1. The first-order chi connectivity index (χ1) is 13.9. The zero-order chi connectivity index (χ0) is 20.5. The van der Waals surface area contributed by atoms with Crippen LogP contribution in [0.25, 0.3) is 16.6 Å². The number of fused-ring (bicyclic) bond motifs is 2. The summed E-state index contributed by atoms with van der Waals surface area (Å²) in [4.78, 5) is 16.7. The van der Waals surface area contributed by atoms with E-state index in [1.807, 2.05) is 26.1 Å². The van der Waals surface area contributed by atoms with E-state index in [0.29, 0.717) is 30.1 Å². The highest BCUT2D eigenvalue weighted by atomic mass is 35.5. The minimum Gasteiger partial charge on any atom is -0.398 e. The van der Waals surface area contributed by atoms with Crippen LogP contribution in [-0.4, -0.2) is 42.9 Å². The lowest BCUT2D eigenvalue weighted by molar-refractivity contribution is 0.0822. The Morgan fingerprint density at radius 3 is 3.03 bits per heavy atom. The number of hydrogen-bond donors (Lipinski definition) is 2. The molecule has 0 bridgehead atoms. The van der Waals surface area contributed by atoms with E-state index >= 15 is 0 Å². The molecule has 1 aromatic carbocycles. The highest BCUT2D eigenvalue weighted by Crippen LogP contribution is 2.23. The van der Waals surface area contributed by atoms with Gasteiger partial charge in [0.05, 0.1) is 37.3 Å². The topological polar surface area (TPSA) is 112 Å². The maximum absolute atomic E-state index is 12.5. The molecular formula is C19H19ClN7O2. The van der Waals surface area contributed by atoms with Crippen molar-refractivity contribution < 1.29 is 9.53 Å². The third kappa shape index (κ3) is 3.87. The number of anilines is 1. The van der Waals surface area contributed by atoms with Crippen LogP contribution < -0.4 is 11.1 Å². The van der Waals surface area contributed by atoms with Crippen LogP contribution in [0, 0.1) is 6.20 Å². The van der Waals surface area contributed by atoms with Crippen LogP contribution in [0.2, 0.25) is 5.15 Å². The van der Waals surface area contributed by atoms with Crippen molar-refractivity contribution >= 4 is 39.7 Å². The van der Waals surface area contributed by atoms with Crippen LogP contribution in [-0.2, 0) is 18.4 Å². The Morgan fingerprint density at radius 2 is 2.21 bits per heavy atom. The number of halogens is 1. The van der Waals surface area contributed by atoms with Gasteiger partial charge in [-0.3, -0.25) is 9.48 Å². The van der Waals surface area contributed by atoms with Crippen LogP contribution in [0.1, 0.15) is 22.8 Å². The van der Waals surface area contributed by atoms with Gasteiger partial charge in [-0.1, -0.05) is 11.6 Å². The van der Waals surface area contributed by atoms with Crippen LogP contribution >= 0.6 is 11.6 Å². The summed E-state index contributed by atoms with van der Waals surface area (Å²) >= 11 is 5.89. The predicted octanol–water partition coefficient (Wildman–Crippen LogP) is 1.99. The van der Waals surface area contributed by atoms with Crippen molar-refractivity contribution in [2.75, 3.05) is 12.3 Å². The number of aromatic nitrogens is 5. The van der Waals surface area contributed by atoms with Gasteiger partial charge in [0.1, 0.15) is 10.7 Å². The second-order valence-electron chi connectivity index (χ2n) is 6.78. The smallest absolute Gasteiger partial charge is 0.257 e. The van der Waals surface area contributed by atoms with E-state index in [1.54, 1.807) is 10.9 Å². The molecule has 3 heterocycles. The maximum atomic E-state index is 12.5. The molecule has 149 valence electrons. The molecule has 3 N–H and O–H groups in total. The SMILES string of the molecule is C[C@H](COCc1cc(N)c2cnn(C)c2c1)NC(=O)c1cnn2[c]cc(Cl)nc12. The number of rotatable bonds is 6. The van der Waals surface area contributed by atoms with Crippen molar-refractivity contribution in [1.29, 1.82) is 0 Å². The molecule has 0 aliphatic carbocycles. The van der Waals surface area contributed by atoms with E-state index in [2.05, 4.69) is 26.7 Å². The first-order valence-corrected chi connectivity index (χ1v) is 9.31. The van der Waals surface area contributed by atoms with Crippen molar-refractivity contribution in [2.45, 2.75) is 19.6 Å². The van der Waals surface area contributed by atoms with Gasteiger partial charge in [0.2, 0.25) is 0 Å². The molecular weight excluding hydrogens is 394 g/mol. The molecule has 1 amide bonds. The molecule has 9 nitrogen and oxygen atoms in total. The van der Waals surface area contributed by atoms with Gasteiger partial charge in [-0.15, -0.1) is 0 Å². The molecule has 4 rings (SSSR count). The fraction of sp³-hybridized carbons (Fsp3) is 0.263. The summed E-state index contributed by atoms with van der Waals surface area (Å²) in [5.41, 5.74) is 9.30. The first kappa shape index (κ1) is 19.2. The normalized spacial score (nSPS) is 12.5. The Kier molecular flexibility index (Phi) is 5.08. The summed E-state index contributed by atoms with van der Waals surface area (Å²) in [6.45, 7) is 2.55. The molecule has 3 aromatic heterocycles. The van der Waals surface area contributed by atoms with Gasteiger partial charge in [-0.05, 0) is 24.6 Å². The van der Waals surface area contributed by atoms with E-state index in [-0.39, 0.29) is 17.1 Å². The third-order valence-electron chi connectivity index (χ3n) is 4.48. The second-order valence-corrected chi connectivity index (χ2v) is 7.16. The summed E-state index contributed by atoms with van der Waals surface area (Å²) in [5, 5.41) is 12.3. The molecule has 0 saturated carbocycles. The zero-order valence-electron chi connectivity index (χ0n) is 15.9. The number of carbonyl (C=O) groups excluding carboxylic acids is 1. The predicted molar refractivity (Wildman–Crippen MR) is 109 cm³/mol. The lowest BCUT2D eigenvalue weighted by Crippen LogP contribution is -2.35. The fourth-order valence-corrected chi connectivity index (χ4v) is 3.20. The van der Waals surface area contributed by atoms with Gasteiger partial charge >= 0.3 is 0 Å². The lowest BCUT2D eigenvalue weighted by atomic mass is 10.1. The number of nitrogens with one attached hydrogen (secondary N) is 1. The number of ether oxygens (including phenoxy) is 1. The molecule has 10 heteroatoms. The van der Waals surface area contributed by atoms with E-state index in [1.165, 1.54) is 16.8 Å². The zero-order valence-corrected chi connectivity index (χ0v) is 16.6. The largest absolute Gasteiger partial charge is 0.398 e. The number of hydrogen-bond acceptors (Lipinski definition) is 6. The Morgan fingerprint density at radius 1 is 1.38 bits per heavy atom. The van der Waals surface area contributed by atoms with Crippen molar-refractivity contribution in [3.63, 3.8) is 0 Å². The number of nitrogen functional groups attached to an aromatic ring is 1. The van der Waals surface area contributed by atoms with Crippen LogP contribution in [0.15, 0.2) is 30.6 Å². The average molecular weight is 413 g/mol. The summed E-state index contributed by atoms with van der Waals surface area (Å²) in [6.07, 6.45) is 5.99. The highest BCUT2D eigenvalue weighted by molar-refractivity contribution is 6.29. The van der Waals surface area contributed by atoms with E-state index in [9.17, 15) is 4.79 Å². The summed E-state index contributed by atoms with van der Waals surface area (Å²) in [6, 6.07) is 5.12. The molecule has 4 aromatic rings. The van der Waals surface area contributed by atoms with Gasteiger partial charge < -0.3 is 15.8 Å². The number of amides is 1. The lowest BCUT2D eigenvalue weighted by Gasteiger charge is -2.14. The Hall–Kier alpha value is -3.17. The molecule has 0 fully saturated rings. The van der Waals surface area contributed by atoms with Gasteiger partial charge in [-0.25, -0.2) is 9.50 Å². The number of nitrogens with two attached hydrogens (primary N) is 1. The second kappa shape index (κ2) is 7.69. The fourth-order valence-electron chi connectivity index (χ4n) is 3.07. The van der Waals surface area contributed by atoms with Gasteiger partial charge in [0, 0.05) is 30.2 Å². The van der Waals surface area contributed by atoms with Gasteiger partial charge in [0.25, 0.3) is 5.91 Å². The molecule has 0 unspecified atom stereocenters. The number of nitrogens with zero attached hydrogens (tertiary/aromatic N) is 5. The van der Waals surface area contributed by atoms with E-state index in [0.717, 1.165) is 16.5 Å². The number of benzene rings is 1. The van der Waals surface area contributed by atoms with Crippen molar-refractivity contribution in [3.05, 3.63) is 53.1 Å². The Labute approximate surface area is 171 Å². The molecule has 1 atom stereocenters. The third-order valence-corrected chi connectivity index (χ3v) is 4.67. The van der Waals surface area contributed by atoms with Crippen LogP contribution in [0.4, 0.5) is 5.69 Å². The van der Waals surface area contributed by atoms with E-state index < -0.39 is 0 Å². The molecule has 0 spiro atoms. The van der Waals surface area contributed by atoms with Gasteiger partial charge in [-0.2, -0.15) is 10.2 Å². The molecule has 0 aliphatic heterocycles. The molecule has 0 saturated heterocycles. The first-order valence-electron chi connectivity index (χ1n) is 8.93. The molecule has 29 heavy (non-hydrogen) atoms. The highest BCUT2D eigenvalue weighted by Gasteiger charge is 2.17. The number of carbonyl (C=O) groups is 1. The van der Waals surface area contributed by atoms with Crippen LogP contribution in [0.5, 0.6) is 0 Å². The van der Waals surface area contributed by atoms with Gasteiger partial charge in [0.15, 0.2) is 5.65 Å². The molecule has 1 radical (unpaired) electrons. The summed E-state index contributed by atoms with van der Waals surface area (Å²) < 4.78 is 8.91. The van der Waals surface area contributed by atoms with E-state index in [4.69, 9.17) is 22.1 Å². The minimum absolute atomic E-state index is 0.224. The summed E-state index contributed by atoms with van der Waals surface area (Å²) in [7, 11) is 1.87. The Bertz CT molecular complexity index is 1200. The minimum atomic E-state index is -0.306. The average Bonchev–Trinajstić information content (AvgIpc) is 3.25. The quantitative estimate of drug-likeness (QED) is 0.370. The van der Waals surface area contributed by atoms with Crippen molar-refractivity contribution in [2.24, 2.45) is 7.05 Å². The van der Waals surface area contributed by atoms with Crippen molar-refractivity contribution in [1.82, 2.24) is 29.7 Å². The number of aryl methyl sites for hydroxylation is 1. The van der Waals surface area contributed by atoms with Crippen molar-refractivity contribution in [3.8, 4) is 0 Å². The maximum Gasteiger partial charge on any atom is 0.257 e. The Balaban J connectivity index is 1.36. The van der Waals surface area contributed by atoms with Crippen LogP contribution in [0.3, 0.4) is 0 Å². The monoisotopic (exact) mass is 412 g/mol. The summed E-state index contributed by atoms with van der Waals surface area (Å²) in [5.74, 6) is -0.306. The molecule has 0 aliphatic rings.